The van der Waals surface area contributed by atoms with Gasteiger partial charge in [-0.2, -0.15) is 0 Å². The molecule has 1 N–H and O–H groups in total. The van der Waals surface area contributed by atoms with Crippen molar-refractivity contribution in [2.75, 3.05) is 24.5 Å². The maximum absolute atomic E-state index is 14.0. The van der Waals surface area contributed by atoms with Crippen LogP contribution in [0.15, 0.2) is 77.7 Å². The number of anilines is 1. The molecule has 3 aromatic carbocycles. The molecule has 0 spiro atoms. The highest BCUT2D eigenvalue weighted by molar-refractivity contribution is 7.92. The topological polar surface area (TPSA) is 96.0 Å². The molecule has 0 aliphatic heterocycles. The molecule has 0 saturated carbocycles. The number of amides is 2. The van der Waals surface area contributed by atoms with Crippen molar-refractivity contribution < 1.29 is 22.7 Å². The fourth-order valence-electron chi connectivity index (χ4n) is 4.34. The third-order valence-electron chi connectivity index (χ3n) is 6.94. The second-order valence-corrected chi connectivity index (χ2v) is 12.3. The zero-order valence-corrected chi connectivity index (χ0v) is 25.6. The number of carbonyl (C=O) groups is 2. The quantitative estimate of drug-likeness (QED) is 0.298. The molecule has 41 heavy (non-hydrogen) atoms. The first-order valence-electron chi connectivity index (χ1n) is 13.9. The summed E-state index contributed by atoms with van der Waals surface area (Å²) in [4.78, 5) is 28.5. The first-order chi connectivity index (χ1) is 19.5. The van der Waals surface area contributed by atoms with Gasteiger partial charge in [-0.3, -0.25) is 13.9 Å². The van der Waals surface area contributed by atoms with Crippen molar-refractivity contribution in [1.82, 2.24) is 10.2 Å². The van der Waals surface area contributed by atoms with Crippen LogP contribution in [0, 0.1) is 6.92 Å². The number of sulfonamides is 1. The van der Waals surface area contributed by atoms with Gasteiger partial charge in [-0.25, -0.2) is 8.42 Å². The maximum Gasteiger partial charge on any atom is 0.264 e. The van der Waals surface area contributed by atoms with E-state index in [0.717, 1.165) is 27.4 Å². The van der Waals surface area contributed by atoms with Crippen LogP contribution < -0.4 is 14.4 Å². The lowest BCUT2D eigenvalue weighted by Gasteiger charge is -2.32. The van der Waals surface area contributed by atoms with Crippen molar-refractivity contribution in [3.8, 4) is 5.75 Å². The van der Waals surface area contributed by atoms with Gasteiger partial charge in [0.15, 0.2) is 0 Å². The third kappa shape index (κ3) is 8.10. The lowest BCUT2D eigenvalue weighted by Crippen LogP contribution is -2.51. The van der Waals surface area contributed by atoms with E-state index in [1.165, 1.54) is 4.90 Å². The molecule has 0 aromatic heterocycles. The lowest BCUT2D eigenvalue weighted by molar-refractivity contribution is -0.139. The van der Waals surface area contributed by atoms with Gasteiger partial charge in [0.25, 0.3) is 10.0 Å². The molecule has 1 atom stereocenters. The lowest BCUT2D eigenvalue weighted by atomic mass is 10.0. The molecule has 0 saturated heterocycles. The summed E-state index contributed by atoms with van der Waals surface area (Å²) in [5.74, 6) is 0.0633. The van der Waals surface area contributed by atoms with Crippen LogP contribution in [0.4, 0.5) is 5.69 Å². The molecular formula is C32H41N3O5S. The Morgan fingerprint density at radius 2 is 1.61 bits per heavy atom. The minimum absolute atomic E-state index is 0.0805. The van der Waals surface area contributed by atoms with E-state index in [4.69, 9.17) is 4.74 Å². The molecule has 0 fully saturated rings. The largest absolute Gasteiger partial charge is 0.497 e. The highest BCUT2D eigenvalue weighted by atomic mass is 32.2. The van der Waals surface area contributed by atoms with Crippen LogP contribution in [-0.2, 0) is 26.2 Å². The molecule has 0 aliphatic carbocycles. The van der Waals surface area contributed by atoms with Gasteiger partial charge in [0.05, 0.1) is 17.7 Å². The van der Waals surface area contributed by atoms with Gasteiger partial charge < -0.3 is 15.0 Å². The van der Waals surface area contributed by atoms with E-state index in [2.05, 4.69) is 19.2 Å². The molecule has 8 nitrogen and oxygen atoms in total. The van der Waals surface area contributed by atoms with Crippen LogP contribution in [0.1, 0.15) is 56.7 Å². The van der Waals surface area contributed by atoms with E-state index >= 15 is 0 Å². The smallest absolute Gasteiger partial charge is 0.264 e. The first kappa shape index (κ1) is 31.7. The number of rotatable bonds is 13. The van der Waals surface area contributed by atoms with Gasteiger partial charge in [0.2, 0.25) is 11.8 Å². The molecule has 2 amide bonds. The Balaban J connectivity index is 2.04. The van der Waals surface area contributed by atoms with Crippen LogP contribution in [0.25, 0.3) is 0 Å². The maximum atomic E-state index is 14.0. The van der Waals surface area contributed by atoms with E-state index in [9.17, 15) is 18.0 Å². The summed E-state index contributed by atoms with van der Waals surface area (Å²) in [5.41, 5.74) is 3.09. The van der Waals surface area contributed by atoms with Crippen LogP contribution in [-0.4, -0.2) is 51.4 Å². The number of benzene rings is 3. The standard InChI is InChI=1S/C32H41N3O5S/c1-7-19-33-32(37)25(5)34(21-26-9-8-10-29(20-26)40-6)31(36)22-35(28-15-13-27(14-16-28)23(2)3)41(38,39)30-17-11-24(4)12-18-30/h8-18,20,23,25H,7,19,21-22H2,1-6H3,(H,33,37)/t25-/m0/s1. The van der Waals surface area contributed by atoms with Crippen molar-refractivity contribution in [1.29, 1.82) is 0 Å². The van der Waals surface area contributed by atoms with Crippen LogP contribution in [0.5, 0.6) is 5.75 Å². The average Bonchev–Trinajstić information content (AvgIpc) is 2.97. The van der Waals surface area contributed by atoms with Crippen molar-refractivity contribution in [2.45, 2.75) is 64.4 Å². The van der Waals surface area contributed by atoms with E-state index in [0.29, 0.717) is 18.0 Å². The summed E-state index contributed by atoms with van der Waals surface area (Å²) in [7, 11) is -2.55. The van der Waals surface area contributed by atoms with Gasteiger partial charge in [-0.05, 0) is 73.7 Å². The molecule has 0 heterocycles. The zero-order chi connectivity index (χ0) is 30.2. The number of nitrogens with one attached hydrogen (secondary N) is 1. The molecule has 9 heteroatoms. The minimum atomic E-state index is -4.11. The highest BCUT2D eigenvalue weighted by Crippen LogP contribution is 2.27. The predicted molar refractivity (Wildman–Crippen MR) is 163 cm³/mol. The number of carbonyl (C=O) groups excluding carboxylic acids is 2. The predicted octanol–water partition coefficient (Wildman–Crippen LogP) is 5.27. The van der Waals surface area contributed by atoms with Crippen molar-refractivity contribution >= 4 is 27.5 Å². The Morgan fingerprint density at radius 1 is 0.951 bits per heavy atom. The fourth-order valence-corrected chi connectivity index (χ4v) is 5.75. The van der Waals surface area contributed by atoms with Crippen molar-refractivity contribution in [3.05, 3.63) is 89.5 Å². The van der Waals surface area contributed by atoms with Gasteiger partial charge in [0, 0.05) is 13.1 Å². The Bertz CT molecular complexity index is 1420. The van der Waals surface area contributed by atoms with Crippen LogP contribution in [0.2, 0.25) is 0 Å². The number of hydrogen-bond acceptors (Lipinski definition) is 5. The van der Waals surface area contributed by atoms with Crippen LogP contribution >= 0.6 is 0 Å². The van der Waals surface area contributed by atoms with E-state index in [1.54, 1.807) is 62.6 Å². The monoisotopic (exact) mass is 579 g/mol. The number of methoxy groups -OCH3 is 1. The Morgan fingerprint density at radius 3 is 2.20 bits per heavy atom. The van der Waals surface area contributed by atoms with Gasteiger partial charge >= 0.3 is 0 Å². The molecule has 3 aromatic rings. The summed E-state index contributed by atoms with van der Waals surface area (Å²) >= 11 is 0. The summed E-state index contributed by atoms with van der Waals surface area (Å²) in [6.07, 6.45) is 0.747. The van der Waals surface area contributed by atoms with Gasteiger partial charge in [0.1, 0.15) is 18.3 Å². The Labute approximate surface area is 244 Å². The zero-order valence-electron chi connectivity index (χ0n) is 24.8. The average molecular weight is 580 g/mol. The summed E-state index contributed by atoms with van der Waals surface area (Å²) in [6, 6.07) is 20.1. The molecule has 0 radical (unpaired) electrons. The summed E-state index contributed by atoms with van der Waals surface area (Å²) in [5, 5.41) is 2.85. The SMILES string of the molecule is CCCNC(=O)[C@H](C)N(Cc1cccc(OC)c1)C(=O)CN(c1ccc(C(C)C)cc1)S(=O)(=O)c1ccc(C)cc1. The van der Waals surface area contributed by atoms with Gasteiger partial charge in [-0.15, -0.1) is 0 Å². The second-order valence-electron chi connectivity index (χ2n) is 10.4. The fraction of sp³-hybridized carbons (Fsp3) is 0.375. The molecule has 0 aliphatic rings. The first-order valence-corrected chi connectivity index (χ1v) is 15.3. The third-order valence-corrected chi connectivity index (χ3v) is 8.73. The molecule has 220 valence electrons. The summed E-state index contributed by atoms with van der Waals surface area (Å²) in [6.45, 7) is 9.68. The van der Waals surface area contributed by atoms with Crippen molar-refractivity contribution in [2.24, 2.45) is 0 Å². The van der Waals surface area contributed by atoms with Crippen LogP contribution in [0.3, 0.4) is 0 Å². The number of aryl methyl sites for hydroxylation is 1. The number of hydrogen-bond donors (Lipinski definition) is 1. The van der Waals surface area contributed by atoms with E-state index < -0.39 is 28.5 Å². The summed E-state index contributed by atoms with van der Waals surface area (Å²) < 4.78 is 34.4. The van der Waals surface area contributed by atoms with Crippen molar-refractivity contribution in [3.63, 3.8) is 0 Å². The van der Waals surface area contributed by atoms with E-state index in [-0.39, 0.29) is 23.3 Å². The minimum Gasteiger partial charge on any atom is -0.497 e. The number of nitrogens with zero attached hydrogens (tertiary/aromatic N) is 2. The molecule has 0 bridgehead atoms. The normalized spacial score (nSPS) is 12.1. The van der Waals surface area contributed by atoms with Gasteiger partial charge in [-0.1, -0.05) is 62.7 Å². The highest BCUT2D eigenvalue weighted by Gasteiger charge is 2.32. The Hall–Kier alpha value is -3.85. The molecule has 3 rings (SSSR count). The Kier molecular flexibility index (Phi) is 10.9. The van der Waals surface area contributed by atoms with E-state index in [1.807, 2.05) is 38.1 Å². The molecular weight excluding hydrogens is 538 g/mol. The second kappa shape index (κ2) is 14.2. The molecule has 0 unspecified atom stereocenters. The number of ether oxygens (including phenoxy) is 1.